The molecule has 13 heteroatoms. The molecule has 9 rings (SSSR count). The van der Waals surface area contributed by atoms with Crippen molar-refractivity contribution in [2.75, 3.05) is 28.4 Å². The zero-order valence-corrected chi connectivity index (χ0v) is 33.1. The second kappa shape index (κ2) is 16.8. The summed E-state index contributed by atoms with van der Waals surface area (Å²) in [7, 11) is 6.46. The Morgan fingerprint density at radius 2 is 0.898 bits per heavy atom. The summed E-state index contributed by atoms with van der Waals surface area (Å²) in [6.45, 7) is 0. The number of imidazole rings is 2. The first-order valence-electron chi connectivity index (χ1n) is 18.3. The van der Waals surface area contributed by atoms with Crippen molar-refractivity contribution >= 4 is 22.9 Å². The fourth-order valence-electron chi connectivity index (χ4n) is 6.52. The van der Waals surface area contributed by atoms with Crippen LogP contribution in [0.2, 0.25) is 5.02 Å². The molecule has 0 fully saturated rings. The lowest BCUT2D eigenvalue weighted by Gasteiger charge is -2.10. The zero-order chi connectivity index (χ0) is 40.9. The van der Waals surface area contributed by atoms with E-state index in [1.165, 1.54) is 0 Å². The number of pyridine rings is 1. The Bertz CT molecular complexity index is 2960. The Morgan fingerprint density at radius 3 is 1.34 bits per heavy atom. The molecule has 0 aliphatic rings. The largest absolute Gasteiger partial charge is 0.493 e. The molecule has 0 aliphatic carbocycles. The van der Waals surface area contributed by atoms with Crippen LogP contribution in [-0.4, -0.2) is 62.6 Å². The third-order valence-electron chi connectivity index (χ3n) is 9.62. The van der Waals surface area contributed by atoms with Crippen LogP contribution >= 0.6 is 11.6 Å². The topological polar surface area (TPSA) is 134 Å². The Kier molecular flexibility index (Phi) is 10.8. The lowest BCUT2D eigenvalue weighted by Crippen LogP contribution is -1.97. The van der Waals surface area contributed by atoms with Gasteiger partial charge in [-0.3, -0.25) is 0 Å². The first-order chi connectivity index (χ1) is 28.9. The molecule has 0 saturated heterocycles. The van der Waals surface area contributed by atoms with E-state index in [1.807, 2.05) is 143 Å². The van der Waals surface area contributed by atoms with E-state index in [2.05, 4.69) is 15.0 Å². The molecule has 290 valence electrons. The van der Waals surface area contributed by atoms with Gasteiger partial charge in [0.2, 0.25) is 0 Å². The summed E-state index contributed by atoms with van der Waals surface area (Å²) >= 11 is 5.99. The van der Waals surface area contributed by atoms with E-state index in [1.54, 1.807) is 40.7 Å². The summed E-state index contributed by atoms with van der Waals surface area (Å²) < 4.78 is 25.1. The van der Waals surface area contributed by atoms with Crippen molar-refractivity contribution in [3.05, 3.63) is 151 Å². The van der Waals surface area contributed by atoms with Crippen LogP contribution < -0.4 is 18.9 Å². The van der Waals surface area contributed by atoms with E-state index in [0.29, 0.717) is 33.7 Å². The molecular weight excluding hydrogens is 764 g/mol. The van der Waals surface area contributed by atoms with Gasteiger partial charge in [0.15, 0.2) is 34.3 Å². The molecular formula is C46H35ClN8O4. The minimum absolute atomic E-state index is 0.400. The second-order valence-corrected chi connectivity index (χ2v) is 13.5. The standard InChI is InChI=1S/C26H19N5O2.C20H16ClN3O2/c1-32-24-11-8-19(13-25(24)33-2)22-10-12-26-29-16-23(31(26)30-22)18-5-3-17(4-6-18)20-7-9-21(14-27)28-15-20;1-25-18-9-5-14(11-19(18)26-2)16-8-10-20-22-12-17(24(20)23-16)13-3-6-15(21)7-4-13/h3-13,15-16H,1-2H3;3-12H,1-2H3. The third-order valence-corrected chi connectivity index (χ3v) is 9.87. The Balaban J connectivity index is 0.000000169. The van der Waals surface area contributed by atoms with Gasteiger partial charge >= 0.3 is 0 Å². The molecule has 5 heterocycles. The molecule has 0 aliphatic heterocycles. The van der Waals surface area contributed by atoms with Crippen molar-refractivity contribution in [3.8, 4) is 85.2 Å². The summed E-state index contributed by atoms with van der Waals surface area (Å²) in [4.78, 5) is 13.1. The minimum atomic E-state index is 0.400. The molecule has 9 aromatic rings. The molecule has 0 N–H and O–H groups in total. The van der Waals surface area contributed by atoms with Crippen molar-refractivity contribution in [3.63, 3.8) is 0 Å². The predicted octanol–water partition coefficient (Wildman–Crippen LogP) is 9.75. The highest BCUT2D eigenvalue weighted by atomic mass is 35.5. The number of fused-ring (bicyclic) bond motifs is 2. The maximum absolute atomic E-state index is 8.93. The second-order valence-electron chi connectivity index (χ2n) is 13.0. The summed E-state index contributed by atoms with van der Waals surface area (Å²) in [6.07, 6.45) is 5.34. The van der Waals surface area contributed by atoms with Crippen LogP contribution in [0.1, 0.15) is 5.69 Å². The number of benzene rings is 4. The molecule has 0 unspecified atom stereocenters. The summed E-state index contributed by atoms with van der Waals surface area (Å²) in [5.74, 6) is 2.66. The number of aromatic nitrogens is 7. The van der Waals surface area contributed by atoms with Crippen LogP contribution in [0, 0.1) is 11.3 Å². The predicted molar refractivity (Wildman–Crippen MR) is 227 cm³/mol. The number of rotatable bonds is 9. The first kappa shape index (κ1) is 38.1. The number of nitrogens with zero attached hydrogens (tertiary/aromatic N) is 8. The van der Waals surface area contributed by atoms with Gasteiger partial charge in [-0.15, -0.1) is 0 Å². The normalized spacial score (nSPS) is 10.8. The molecule has 0 radical (unpaired) electrons. The van der Waals surface area contributed by atoms with Gasteiger partial charge in [0.05, 0.1) is 63.6 Å². The van der Waals surface area contributed by atoms with E-state index in [4.69, 9.17) is 46.0 Å². The van der Waals surface area contributed by atoms with E-state index >= 15 is 0 Å². The zero-order valence-electron chi connectivity index (χ0n) is 32.4. The van der Waals surface area contributed by atoms with Crippen LogP contribution in [0.4, 0.5) is 0 Å². The van der Waals surface area contributed by atoms with E-state index in [9.17, 15) is 0 Å². The van der Waals surface area contributed by atoms with Crippen LogP contribution in [0.3, 0.4) is 0 Å². The van der Waals surface area contributed by atoms with Crippen molar-refractivity contribution in [2.24, 2.45) is 0 Å². The van der Waals surface area contributed by atoms with Crippen molar-refractivity contribution < 1.29 is 18.9 Å². The van der Waals surface area contributed by atoms with Crippen molar-refractivity contribution in [2.45, 2.75) is 0 Å². The smallest absolute Gasteiger partial charge is 0.161 e. The van der Waals surface area contributed by atoms with E-state index < -0.39 is 0 Å². The lowest BCUT2D eigenvalue weighted by atomic mass is 10.0. The van der Waals surface area contributed by atoms with Crippen molar-refractivity contribution in [1.82, 2.24) is 34.2 Å². The highest BCUT2D eigenvalue weighted by Gasteiger charge is 2.14. The monoisotopic (exact) mass is 798 g/mol. The molecule has 0 atom stereocenters. The van der Waals surface area contributed by atoms with Gasteiger partial charge in [-0.05, 0) is 90.5 Å². The van der Waals surface area contributed by atoms with Crippen molar-refractivity contribution in [1.29, 1.82) is 5.26 Å². The fourth-order valence-corrected chi connectivity index (χ4v) is 6.65. The fraction of sp³-hybridized carbons (Fsp3) is 0.0870. The molecule has 0 saturated carbocycles. The Morgan fingerprint density at radius 1 is 0.458 bits per heavy atom. The van der Waals surface area contributed by atoms with Gasteiger partial charge in [0, 0.05) is 39.0 Å². The van der Waals surface area contributed by atoms with Gasteiger partial charge in [-0.2, -0.15) is 15.5 Å². The minimum Gasteiger partial charge on any atom is -0.493 e. The number of halogens is 1. The van der Waals surface area contributed by atoms with Crippen LogP contribution in [-0.2, 0) is 0 Å². The van der Waals surface area contributed by atoms with Gasteiger partial charge in [0.25, 0.3) is 0 Å². The lowest BCUT2D eigenvalue weighted by molar-refractivity contribution is 0.355. The SMILES string of the molecule is COc1ccc(-c2ccc3ncc(-c4ccc(-c5ccc(C#N)nc5)cc4)n3n2)cc1OC.COc1ccc(-c2ccc3ncc(-c4ccc(Cl)cc4)n3n2)cc1OC. The molecule has 0 amide bonds. The number of nitriles is 1. The Hall–Kier alpha value is -7.75. The summed E-state index contributed by atoms with van der Waals surface area (Å²) in [6, 6.07) is 40.6. The average Bonchev–Trinajstić information content (AvgIpc) is 3.93. The maximum atomic E-state index is 8.93. The third kappa shape index (κ3) is 7.83. The molecule has 12 nitrogen and oxygen atoms in total. The maximum Gasteiger partial charge on any atom is 0.161 e. The van der Waals surface area contributed by atoms with E-state index in [-0.39, 0.29) is 0 Å². The number of hydrogen-bond donors (Lipinski definition) is 0. The molecule has 4 aromatic carbocycles. The molecule has 5 aromatic heterocycles. The number of ether oxygens (including phenoxy) is 4. The van der Waals surface area contributed by atoms with Gasteiger partial charge in [0.1, 0.15) is 11.8 Å². The van der Waals surface area contributed by atoms with Gasteiger partial charge < -0.3 is 18.9 Å². The average molecular weight is 799 g/mol. The molecule has 59 heavy (non-hydrogen) atoms. The summed E-state index contributed by atoms with van der Waals surface area (Å²) in [5.41, 5.74) is 11.1. The number of methoxy groups -OCH3 is 4. The highest BCUT2D eigenvalue weighted by Crippen LogP contribution is 2.34. The summed E-state index contributed by atoms with van der Waals surface area (Å²) in [5, 5.41) is 19.2. The van der Waals surface area contributed by atoms with Crippen LogP contribution in [0.15, 0.2) is 140 Å². The van der Waals surface area contributed by atoms with E-state index in [0.717, 1.165) is 67.5 Å². The molecule has 0 spiro atoms. The highest BCUT2D eigenvalue weighted by molar-refractivity contribution is 6.30. The van der Waals surface area contributed by atoms with Gasteiger partial charge in [-0.1, -0.05) is 48.0 Å². The Labute approximate surface area is 344 Å². The first-order valence-corrected chi connectivity index (χ1v) is 18.6. The van der Waals surface area contributed by atoms with Gasteiger partial charge in [-0.25, -0.2) is 24.0 Å². The quantitative estimate of drug-likeness (QED) is 0.139. The molecule has 0 bridgehead atoms. The van der Waals surface area contributed by atoms with Crippen LogP contribution in [0.5, 0.6) is 23.0 Å². The van der Waals surface area contributed by atoms with Crippen LogP contribution in [0.25, 0.3) is 67.5 Å². The number of hydrogen-bond acceptors (Lipinski definition) is 10.